The van der Waals surface area contributed by atoms with Gasteiger partial charge in [0.15, 0.2) is 11.6 Å². The lowest BCUT2D eigenvalue weighted by Gasteiger charge is -2.28. The molecule has 0 atom stereocenters. The highest BCUT2D eigenvalue weighted by Crippen LogP contribution is 2.39. The number of hydrogen-bond donors (Lipinski definition) is 0. The number of esters is 1. The quantitative estimate of drug-likeness (QED) is 0.0896. The third-order valence-electron chi connectivity index (χ3n) is 7.48. The van der Waals surface area contributed by atoms with Crippen molar-refractivity contribution < 1.29 is 32.2 Å². The van der Waals surface area contributed by atoms with Crippen LogP contribution in [0.1, 0.15) is 69.8 Å². The van der Waals surface area contributed by atoms with Crippen LogP contribution in [0.15, 0.2) is 67.3 Å². The average Bonchev–Trinajstić information content (AvgIpc) is 2.99. The summed E-state index contributed by atoms with van der Waals surface area (Å²) < 4.78 is 61.2. The maximum absolute atomic E-state index is 15.0. The zero-order chi connectivity index (χ0) is 29.2. The van der Waals surface area contributed by atoms with Gasteiger partial charge in [0.1, 0.15) is 17.3 Å². The second-order valence-corrected chi connectivity index (χ2v) is 10.4. The van der Waals surface area contributed by atoms with Gasteiger partial charge in [-0.1, -0.05) is 37.6 Å². The molecule has 4 rings (SSSR count). The molecule has 3 aromatic rings. The first kappa shape index (κ1) is 30.2. The van der Waals surface area contributed by atoms with E-state index < -0.39 is 29.3 Å². The summed E-state index contributed by atoms with van der Waals surface area (Å²) in [6.45, 7) is 6.83. The van der Waals surface area contributed by atoms with Crippen LogP contribution in [-0.2, 0) is 4.79 Å². The van der Waals surface area contributed by atoms with Crippen LogP contribution >= 0.6 is 0 Å². The van der Waals surface area contributed by atoms with Crippen LogP contribution in [0.5, 0.6) is 17.2 Å². The van der Waals surface area contributed by atoms with Crippen molar-refractivity contribution in [1.82, 2.24) is 0 Å². The summed E-state index contributed by atoms with van der Waals surface area (Å²) in [5, 5.41) is 0. The Hall–Kier alpha value is -3.74. The van der Waals surface area contributed by atoms with Crippen LogP contribution in [0, 0.1) is 23.4 Å². The van der Waals surface area contributed by atoms with E-state index >= 15 is 0 Å². The van der Waals surface area contributed by atoms with Gasteiger partial charge in [0.2, 0.25) is 5.82 Å². The SMILES string of the molecule is C=CCCCOc1ccc(C2CCC(C(=O)Oc3ccc(-c4ccc(OCCCC)cc4)c(F)c3F)CC2)c(F)c1. The minimum absolute atomic E-state index is 0.0363. The van der Waals surface area contributed by atoms with Crippen molar-refractivity contribution in [3.05, 3.63) is 90.3 Å². The van der Waals surface area contributed by atoms with Crippen molar-refractivity contribution in [2.45, 2.75) is 64.2 Å². The smallest absolute Gasteiger partial charge is 0.314 e. The van der Waals surface area contributed by atoms with Crippen LogP contribution in [0.3, 0.4) is 0 Å². The third-order valence-corrected chi connectivity index (χ3v) is 7.48. The van der Waals surface area contributed by atoms with Crippen molar-refractivity contribution in [2.24, 2.45) is 5.92 Å². The standard InChI is InChI=1S/C34H37F3O4/c1-3-5-7-21-40-27-16-17-28(30(35)22-27)23-8-10-25(11-9-23)34(38)41-31-19-18-29(32(36)33(31)37)24-12-14-26(15-13-24)39-20-6-4-2/h3,12-19,22-23,25H,1,4-11,20-21H2,2H3. The first-order chi connectivity index (χ1) is 19.9. The Labute approximate surface area is 240 Å². The number of carbonyl (C=O) groups excluding carboxylic acids is 1. The Kier molecular flexibility index (Phi) is 10.9. The summed E-state index contributed by atoms with van der Waals surface area (Å²) in [5.74, 6) is -3.01. The molecule has 0 heterocycles. The number of unbranched alkanes of at least 4 members (excludes halogenated alkanes) is 2. The third kappa shape index (κ3) is 7.93. The second-order valence-electron chi connectivity index (χ2n) is 10.4. The number of ether oxygens (including phenoxy) is 3. The van der Waals surface area contributed by atoms with E-state index in [-0.39, 0.29) is 17.3 Å². The summed E-state index contributed by atoms with van der Waals surface area (Å²) in [5.41, 5.74) is 1.15. The minimum Gasteiger partial charge on any atom is -0.494 e. The van der Waals surface area contributed by atoms with Crippen molar-refractivity contribution >= 4 is 5.97 Å². The molecule has 0 N–H and O–H groups in total. The number of allylic oxidation sites excluding steroid dienone is 1. The molecule has 1 aliphatic carbocycles. The Bertz CT molecular complexity index is 1310. The fraction of sp³-hybridized carbons (Fsp3) is 0.382. The highest BCUT2D eigenvalue weighted by molar-refractivity contribution is 5.76. The zero-order valence-electron chi connectivity index (χ0n) is 23.5. The average molecular weight is 567 g/mol. The van der Waals surface area contributed by atoms with E-state index in [0.717, 1.165) is 25.7 Å². The van der Waals surface area contributed by atoms with Gasteiger partial charge >= 0.3 is 5.97 Å². The van der Waals surface area contributed by atoms with Crippen molar-refractivity contribution in [3.63, 3.8) is 0 Å². The number of benzene rings is 3. The highest BCUT2D eigenvalue weighted by Gasteiger charge is 2.30. The first-order valence-corrected chi connectivity index (χ1v) is 14.4. The van der Waals surface area contributed by atoms with Crippen molar-refractivity contribution in [2.75, 3.05) is 13.2 Å². The molecule has 1 saturated carbocycles. The molecule has 0 saturated heterocycles. The molecule has 0 aromatic heterocycles. The van der Waals surface area contributed by atoms with E-state index in [2.05, 4.69) is 13.5 Å². The van der Waals surface area contributed by atoms with Gasteiger partial charge in [-0.15, -0.1) is 6.58 Å². The van der Waals surface area contributed by atoms with Gasteiger partial charge in [-0.3, -0.25) is 4.79 Å². The molecule has 1 aliphatic rings. The molecule has 41 heavy (non-hydrogen) atoms. The molecule has 0 amide bonds. The number of halogens is 3. The van der Waals surface area contributed by atoms with Crippen LogP contribution in [0.2, 0.25) is 0 Å². The maximum atomic E-state index is 15.0. The zero-order valence-corrected chi connectivity index (χ0v) is 23.5. The van der Waals surface area contributed by atoms with Crippen LogP contribution < -0.4 is 14.2 Å². The number of carbonyl (C=O) groups is 1. The number of hydrogen-bond acceptors (Lipinski definition) is 4. The molecule has 0 radical (unpaired) electrons. The van der Waals surface area contributed by atoms with Crippen LogP contribution in [-0.4, -0.2) is 19.2 Å². The summed E-state index contributed by atoms with van der Waals surface area (Å²) in [4.78, 5) is 12.8. The fourth-order valence-corrected chi connectivity index (χ4v) is 5.08. The van der Waals surface area contributed by atoms with E-state index in [9.17, 15) is 18.0 Å². The molecule has 3 aromatic carbocycles. The highest BCUT2D eigenvalue weighted by atomic mass is 19.2. The van der Waals surface area contributed by atoms with Crippen LogP contribution in [0.25, 0.3) is 11.1 Å². The monoisotopic (exact) mass is 566 g/mol. The lowest BCUT2D eigenvalue weighted by Crippen LogP contribution is -2.25. The van der Waals surface area contributed by atoms with Gasteiger partial charge in [-0.2, -0.15) is 4.39 Å². The molecule has 0 spiro atoms. The molecule has 4 nitrogen and oxygen atoms in total. The maximum Gasteiger partial charge on any atom is 0.314 e. The summed E-state index contributed by atoms with van der Waals surface area (Å²) in [6, 6.07) is 14.4. The molecule has 7 heteroatoms. The van der Waals surface area contributed by atoms with Crippen LogP contribution in [0.4, 0.5) is 13.2 Å². The van der Waals surface area contributed by atoms with E-state index in [1.165, 1.54) is 18.2 Å². The minimum atomic E-state index is -1.21. The molecule has 218 valence electrons. The molecular weight excluding hydrogens is 529 g/mol. The second kappa shape index (κ2) is 14.8. The molecular formula is C34H37F3O4. The van der Waals surface area contributed by atoms with Gasteiger partial charge in [-0.25, -0.2) is 8.78 Å². The van der Waals surface area contributed by atoms with Gasteiger partial charge < -0.3 is 14.2 Å². The molecule has 0 unspecified atom stereocenters. The Balaban J connectivity index is 1.32. The summed E-state index contributed by atoms with van der Waals surface area (Å²) >= 11 is 0. The Morgan fingerprint density at radius 1 is 0.878 bits per heavy atom. The number of rotatable bonds is 13. The Morgan fingerprint density at radius 3 is 2.24 bits per heavy atom. The van der Waals surface area contributed by atoms with E-state index in [1.54, 1.807) is 36.4 Å². The predicted molar refractivity (Wildman–Crippen MR) is 154 cm³/mol. The van der Waals surface area contributed by atoms with E-state index in [4.69, 9.17) is 14.2 Å². The largest absolute Gasteiger partial charge is 0.494 e. The molecule has 0 aliphatic heterocycles. The van der Waals surface area contributed by atoms with Gasteiger partial charge in [0.05, 0.1) is 19.1 Å². The summed E-state index contributed by atoms with van der Waals surface area (Å²) in [6.07, 6.45) is 7.53. The summed E-state index contributed by atoms with van der Waals surface area (Å²) in [7, 11) is 0. The van der Waals surface area contributed by atoms with E-state index in [0.29, 0.717) is 61.5 Å². The first-order valence-electron chi connectivity index (χ1n) is 14.4. The molecule has 1 fully saturated rings. The predicted octanol–water partition coefficient (Wildman–Crippen LogP) is 9.17. The Morgan fingerprint density at radius 2 is 1.56 bits per heavy atom. The van der Waals surface area contributed by atoms with E-state index in [1.807, 2.05) is 6.08 Å². The lowest BCUT2D eigenvalue weighted by molar-refractivity contribution is -0.140. The van der Waals surface area contributed by atoms with Crippen molar-refractivity contribution in [1.29, 1.82) is 0 Å². The normalized spacial score (nSPS) is 16.7. The lowest BCUT2D eigenvalue weighted by atomic mass is 9.78. The van der Waals surface area contributed by atoms with Gasteiger partial charge in [0.25, 0.3) is 0 Å². The topological polar surface area (TPSA) is 44.8 Å². The van der Waals surface area contributed by atoms with Gasteiger partial charge in [0, 0.05) is 11.6 Å². The fourth-order valence-electron chi connectivity index (χ4n) is 5.08. The molecule has 0 bridgehead atoms. The van der Waals surface area contributed by atoms with Crippen molar-refractivity contribution in [3.8, 4) is 28.4 Å². The van der Waals surface area contributed by atoms with Gasteiger partial charge in [-0.05, 0) is 92.3 Å².